The first-order chi connectivity index (χ1) is 34.1. The molecular formula is C58H54ClN5O4Zn. The maximum absolute atomic E-state index is 11.0. The molecular weight excluding hydrogens is 932 g/mol. The summed E-state index contributed by atoms with van der Waals surface area (Å²) >= 11 is 0.847. The number of aromatic nitrogens is 1. The first kappa shape index (κ1) is 52.3. The van der Waals surface area contributed by atoms with Gasteiger partial charge in [-0.15, -0.1) is 0 Å². The SMILES string of the molecule is C(=NC1CCCCC1)c1ccccc1Nc1ccccc1.O=C(O)c1ccccc1Nc1ccccc1.O=Cc1ccccc1Nc1ccccc1.[Cl][Zn+].[c-]1ccccc1.c1ccc2nocc2c1. The molecule has 10 rings (SSSR count). The van der Waals surface area contributed by atoms with Gasteiger partial charge in [0, 0.05) is 57.2 Å². The van der Waals surface area contributed by atoms with Crippen LogP contribution in [0.4, 0.5) is 34.1 Å². The molecule has 1 heterocycles. The average molecular weight is 986 g/mol. The number of nitrogens with one attached hydrogen (secondary N) is 3. The molecule has 1 fully saturated rings. The molecule has 9 nitrogen and oxygen atoms in total. The summed E-state index contributed by atoms with van der Waals surface area (Å²) in [6.45, 7) is 0. The van der Waals surface area contributed by atoms with Crippen LogP contribution in [0, 0.1) is 6.07 Å². The van der Waals surface area contributed by atoms with Crippen molar-refractivity contribution in [2.75, 3.05) is 16.0 Å². The van der Waals surface area contributed by atoms with Crippen LogP contribution in [-0.2, 0) is 17.3 Å². The molecule has 344 valence electrons. The Balaban J connectivity index is 0.000000167. The number of nitrogens with zero attached hydrogens (tertiary/aromatic N) is 2. The quantitative estimate of drug-likeness (QED) is 0.0462. The number of halogens is 1. The summed E-state index contributed by atoms with van der Waals surface area (Å²) < 4.78 is 4.71. The van der Waals surface area contributed by atoms with E-state index in [-0.39, 0.29) is 5.56 Å². The van der Waals surface area contributed by atoms with Crippen molar-refractivity contribution in [3.63, 3.8) is 0 Å². The smallest absolute Gasteiger partial charge is 0.131 e. The van der Waals surface area contributed by atoms with Crippen molar-refractivity contribution in [1.82, 2.24) is 5.16 Å². The molecule has 1 saturated carbocycles. The fourth-order valence-corrected chi connectivity index (χ4v) is 6.81. The van der Waals surface area contributed by atoms with Gasteiger partial charge in [-0.05, 0) is 91.7 Å². The third kappa shape index (κ3) is 19.2. The number of aromatic carboxylic acids is 1. The molecule has 0 unspecified atom stereocenters. The molecule has 1 aliphatic carbocycles. The molecule has 0 radical (unpaired) electrons. The zero-order chi connectivity index (χ0) is 48.6. The van der Waals surface area contributed by atoms with E-state index in [4.69, 9.17) is 24.3 Å². The van der Waals surface area contributed by atoms with Crippen LogP contribution in [0.25, 0.3) is 10.9 Å². The summed E-state index contributed by atoms with van der Waals surface area (Å²) in [5.74, 6) is -0.931. The van der Waals surface area contributed by atoms with Crippen LogP contribution in [0.5, 0.6) is 0 Å². The van der Waals surface area contributed by atoms with Gasteiger partial charge >= 0.3 is 33.0 Å². The van der Waals surface area contributed by atoms with Crippen LogP contribution in [-0.4, -0.2) is 34.8 Å². The summed E-state index contributed by atoms with van der Waals surface area (Å²) in [5, 5.41) is 23.5. The van der Waals surface area contributed by atoms with Crippen molar-refractivity contribution < 1.29 is 36.5 Å². The van der Waals surface area contributed by atoms with Gasteiger partial charge in [0.1, 0.15) is 11.8 Å². The van der Waals surface area contributed by atoms with Crippen molar-refractivity contribution in [3.8, 4) is 0 Å². The van der Waals surface area contributed by atoms with Gasteiger partial charge in [0.05, 0.1) is 11.3 Å². The molecule has 8 aromatic carbocycles. The van der Waals surface area contributed by atoms with E-state index in [0.29, 0.717) is 17.3 Å². The minimum absolute atomic E-state index is 0.270. The number of carbonyl (C=O) groups excluding carboxylic acids is 1. The van der Waals surface area contributed by atoms with Crippen LogP contribution in [0.15, 0.2) is 234 Å². The monoisotopic (exact) mass is 983 g/mol. The topological polar surface area (TPSA) is 129 Å². The molecule has 4 N–H and O–H groups in total. The third-order valence-corrected chi connectivity index (χ3v) is 10.2. The Bertz CT molecular complexity index is 2770. The standard InChI is InChI=1S/C19H22N2.C13H11NO2.C13H11NO.C7H5NO.C6H5.ClH.Zn/c1-3-10-17(11-4-1)20-15-16-9-7-8-14-19(16)21-18-12-5-2-6-13-18;15-13(16)11-8-4-5-9-12(11)14-10-6-2-1-3-7-10;15-10-11-6-4-5-9-13(11)14-12-7-2-1-3-8-12;1-2-4-7-6(3-1)5-9-8-7;1-2-4-6-5-3-1;;/h2,5-9,12-15,17,21H,1,3-4,10-11H2;1-9,14H,(H,15,16);1-10,14H;1-5H;1-5H;1H;/q;;;;-1;;+2/p-1. The van der Waals surface area contributed by atoms with Crippen molar-refractivity contribution in [1.29, 1.82) is 0 Å². The summed E-state index contributed by atoms with van der Waals surface area (Å²) in [6.07, 6.45) is 11.0. The van der Waals surface area contributed by atoms with Gasteiger partial charge in [0.15, 0.2) is 6.29 Å². The third-order valence-electron chi connectivity index (χ3n) is 10.2. The number of carboxylic acid groups (broad SMARTS) is 1. The Labute approximate surface area is 419 Å². The van der Waals surface area contributed by atoms with Gasteiger partial charge < -0.3 is 25.6 Å². The molecule has 1 aromatic heterocycles. The van der Waals surface area contributed by atoms with Gasteiger partial charge in [-0.3, -0.25) is 9.79 Å². The number of para-hydroxylation sites is 6. The first-order valence-electron chi connectivity index (χ1n) is 22.5. The second kappa shape index (κ2) is 31.3. The minimum Gasteiger partial charge on any atom is -0.364 e. The molecule has 9 aromatic rings. The van der Waals surface area contributed by atoms with E-state index in [2.05, 4.69) is 63.6 Å². The Kier molecular flexibility index (Phi) is 23.8. The number of anilines is 6. The summed E-state index contributed by atoms with van der Waals surface area (Å²) in [4.78, 5) is 26.5. The van der Waals surface area contributed by atoms with E-state index in [9.17, 15) is 9.59 Å². The number of carboxylic acids is 1. The van der Waals surface area contributed by atoms with Crippen LogP contribution in [0.3, 0.4) is 0 Å². The molecule has 1 aliphatic rings. The number of carbonyl (C=O) groups is 2. The Morgan fingerprint density at radius 1 is 0.580 bits per heavy atom. The van der Waals surface area contributed by atoms with Gasteiger partial charge in [-0.2, -0.15) is 36.4 Å². The summed E-state index contributed by atoms with van der Waals surface area (Å²) in [5.41, 5.74) is 8.51. The largest absolute Gasteiger partial charge is 0.364 e. The van der Waals surface area contributed by atoms with E-state index >= 15 is 0 Å². The predicted molar refractivity (Wildman–Crippen MR) is 280 cm³/mol. The first-order valence-corrected chi connectivity index (χ1v) is 26.4. The molecule has 0 saturated heterocycles. The number of fused-ring (bicyclic) bond motifs is 1. The summed E-state index contributed by atoms with van der Waals surface area (Å²) in [6, 6.07) is 72.9. The van der Waals surface area contributed by atoms with Crippen LogP contribution in [0.2, 0.25) is 0 Å². The van der Waals surface area contributed by atoms with E-state index in [0.717, 1.165) is 68.5 Å². The second-order valence-corrected chi connectivity index (χ2v) is 15.1. The minimum atomic E-state index is -0.931. The number of rotatable bonds is 10. The second-order valence-electron chi connectivity index (χ2n) is 15.1. The summed E-state index contributed by atoms with van der Waals surface area (Å²) in [7, 11) is 4.76. The van der Waals surface area contributed by atoms with Crippen LogP contribution < -0.4 is 16.0 Å². The number of aliphatic imine (C=N–C) groups is 1. The molecule has 0 atom stereocenters. The van der Waals surface area contributed by atoms with Crippen molar-refractivity contribution in [3.05, 3.63) is 247 Å². The van der Waals surface area contributed by atoms with Crippen molar-refractivity contribution in [2.24, 2.45) is 4.99 Å². The van der Waals surface area contributed by atoms with Crippen LogP contribution in [0.1, 0.15) is 58.4 Å². The van der Waals surface area contributed by atoms with Gasteiger partial charge in [0.2, 0.25) is 0 Å². The maximum Gasteiger partial charge on any atom is 0.131 e. The van der Waals surface area contributed by atoms with Crippen LogP contribution >= 0.6 is 9.69 Å². The van der Waals surface area contributed by atoms with Gasteiger partial charge in [0.25, 0.3) is 0 Å². The van der Waals surface area contributed by atoms with Crippen molar-refractivity contribution in [2.45, 2.75) is 38.1 Å². The number of hydrogen-bond donors (Lipinski definition) is 4. The molecule has 0 spiro atoms. The van der Waals surface area contributed by atoms with Gasteiger partial charge in [-0.25, -0.2) is 4.79 Å². The normalized spacial score (nSPS) is 11.4. The molecule has 69 heavy (non-hydrogen) atoms. The maximum atomic E-state index is 11.0. The fourth-order valence-electron chi connectivity index (χ4n) is 6.81. The van der Waals surface area contributed by atoms with Gasteiger partial charge in [-0.1, -0.05) is 134 Å². The Hall–Kier alpha value is -7.65. The van der Waals surface area contributed by atoms with Crippen molar-refractivity contribution >= 4 is 73.2 Å². The van der Waals surface area contributed by atoms with E-state index in [1.165, 1.54) is 32.1 Å². The number of hydrogen-bond acceptors (Lipinski definition) is 8. The number of benzene rings is 8. The Morgan fingerprint density at radius 3 is 1.54 bits per heavy atom. The fraction of sp³-hybridized carbons (Fsp3) is 0.103. The molecule has 0 bridgehead atoms. The van der Waals surface area contributed by atoms with E-state index in [1.807, 2.05) is 158 Å². The number of aldehydes is 1. The van der Waals surface area contributed by atoms with E-state index < -0.39 is 5.97 Å². The van der Waals surface area contributed by atoms with E-state index in [1.54, 1.807) is 36.6 Å². The molecule has 11 heteroatoms. The zero-order valence-electron chi connectivity index (χ0n) is 38.3. The molecule has 0 aliphatic heterocycles. The molecule has 0 amide bonds. The predicted octanol–water partition coefficient (Wildman–Crippen LogP) is 15.6. The zero-order valence-corrected chi connectivity index (χ0v) is 42.0. The average Bonchev–Trinajstić information content (AvgIpc) is 3.91. The Morgan fingerprint density at radius 2 is 1.03 bits per heavy atom.